The highest BCUT2D eigenvalue weighted by molar-refractivity contribution is 5.97. The summed E-state index contributed by atoms with van der Waals surface area (Å²) in [5.41, 5.74) is 6.29. The number of nitrogens with zero attached hydrogens (tertiary/aromatic N) is 1. The van der Waals surface area contributed by atoms with E-state index in [2.05, 4.69) is 22.0 Å². The molecule has 0 radical (unpaired) electrons. The zero-order chi connectivity index (χ0) is 16.4. The molecule has 0 saturated carbocycles. The number of nitrogens with one attached hydrogen (secondary N) is 1. The lowest BCUT2D eigenvalue weighted by Gasteiger charge is -2.05. The maximum absolute atomic E-state index is 11.8. The molecule has 0 aliphatic heterocycles. The molecular weight excluding hydrogens is 284 g/mol. The van der Waals surface area contributed by atoms with Crippen LogP contribution in [0.4, 0.5) is 5.69 Å². The molecule has 3 rings (SSSR count). The van der Waals surface area contributed by atoms with Gasteiger partial charge in [-0.15, -0.1) is 0 Å². The second-order valence-electron chi connectivity index (χ2n) is 5.55. The van der Waals surface area contributed by atoms with Gasteiger partial charge in [0.15, 0.2) is 11.5 Å². The fraction of sp³-hybridized carbons (Fsp3) is 0.100. The minimum absolute atomic E-state index is 0.00221. The van der Waals surface area contributed by atoms with Crippen molar-refractivity contribution in [3.8, 4) is 22.4 Å². The van der Waals surface area contributed by atoms with Crippen molar-refractivity contribution in [1.82, 2.24) is 4.98 Å². The van der Waals surface area contributed by atoms with Crippen molar-refractivity contribution in [2.45, 2.75) is 13.8 Å². The van der Waals surface area contributed by atoms with E-state index in [0.717, 1.165) is 22.4 Å². The Kier molecular flexibility index (Phi) is 3.82. The largest absolute Gasteiger partial charge is 0.352 e. The summed E-state index contributed by atoms with van der Waals surface area (Å²) in [5.74, 6) is 0.00221. The van der Waals surface area contributed by atoms with Gasteiger partial charge in [0.25, 0.3) is 0 Å². The molecule has 0 atom stereocenters. The number of benzene rings is 2. The summed E-state index contributed by atoms with van der Waals surface area (Å²) in [6.45, 7) is 10.6. The van der Waals surface area contributed by atoms with E-state index in [4.69, 9.17) is 6.57 Å². The predicted molar refractivity (Wildman–Crippen MR) is 92.7 cm³/mol. The fourth-order valence-corrected chi connectivity index (χ4v) is 2.54. The number of hydrogen-bond donors (Lipinski definition) is 1. The van der Waals surface area contributed by atoms with Crippen molar-refractivity contribution in [1.29, 1.82) is 0 Å². The highest BCUT2D eigenvalue weighted by Gasteiger charge is 2.14. The van der Waals surface area contributed by atoms with Crippen LogP contribution < -0.4 is 0 Å². The first kappa shape index (κ1) is 14.8. The number of rotatable bonds is 3. The van der Waals surface area contributed by atoms with Crippen molar-refractivity contribution in [2.75, 3.05) is 0 Å². The fourth-order valence-electron chi connectivity index (χ4n) is 2.54. The maximum atomic E-state index is 11.8. The molecule has 0 bridgehead atoms. The normalized spacial score (nSPS) is 10.3. The number of ketones is 1. The van der Waals surface area contributed by atoms with E-state index in [9.17, 15) is 4.79 Å². The van der Waals surface area contributed by atoms with Crippen LogP contribution in [0.5, 0.6) is 0 Å². The third kappa shape index (κ3) is 2.93. The molecule has 0 amide bonds. The van der Waals surface area contributed by atoms with Gasteiger partial charge in [0.2, 0.25) is 0 Å². The molecular formula is C20H16N2O. The topological polar surface area (TPSA) is 37.2 Å². The van der Waals surface area contributed by atoms with E-state index in [-0.39, 0.29) is 5.78 Å². The summed E-state index contributed by atoms with van der Waals surface area (Å²) >= 11 is 0. The van der Waals surface area contributed by atoms with Crippen LogP contribution in [0.15, 0.2) is 54.6 Å². The van der Waals surface area contributed by atoms with E-state index in [1.54, 1.807) is 19.1 Å². The van der Waals surface area contributed by atoms with Gasteiger partial charge in [-0.25, -0.2) is 4.85 Å². The minimum Gasteiger partial charge on any atom is -0.352 e. The van der Waals surface area contributed by atoms with Gasteiger partial charge in [-0.2, -0.15) is 0 Å². The summed E-state index contributed by atoms with van der Waals surface area (Å²) in [6.07, 6.45) is 0. The highest BCUT2D eigenvalue weighted by Crippen LogP contribution is 2.33. The van der Waals surface area contributed by atoms with Crippen LogP contribution in [-0.2, 0) is 0 Å². The highest BCUT2D eigenvalue weighted by atomic mass is 16.1. The molecule has 0 fully saturated rings. The van der Waals surface area contributed by atoms with Gasteiger partial charge in [-0.05, 0) is 24.1 Å². The van der Waals surface area contributed by atoms with Crippen molar-refractivity contribution in [2.24, 2.45) is 0 Å². The minimum atomic E-state index is 0.00221. The number of hydrogen-bond acceptors (Lipinski definition) is 1. The van der Waals surface area contributed by atoms with Crippen LogP contribution in [-0.4, -0.2) is 10.8 Å². The summed E-state index contributed by atoms with van der Waals surface area (Å²) in [6, 6.07) is 17.5. The van der Waals surface area contributed by atoms with Crippen molar-refractivity contribution in [3.63, 3.8) is 0 Å². The summed E-state index contributed by atoms with van der Waals surface area (Å²) in [4.78, 5) is 18.4. The third-order valence-corrected chi connectivity index (χ3v) is 3.84. The molecule has 0 saturated heterocycles. The predicted octanol–water partition coefficient (Wildman–Crippen LogP) is 5.41. The molecule has 112 valence electrons. The van der Waals surface area contributed by atoms with Gasteiger partial charge in [0, 0.05) is 12.5 Å². The molecule has 2 aromatic carbocycles. The third-order valence-electron chi connectivity index (χ3n) is 3.84. The molecule has 1 heterocycles. The van der Waals surface area contributed by atoms with Crippen LogP contribution in [0.2, 0.25) is 0 Å². The number of aromatic nitrogens is 1. The Morgan fingerprint density at radius 3 is 2.17 bits per heavy atom. The van der Waals surface area contributed by atoms with E-state index < -0.39 is 0 Å². The van der Waals surface area contributed by atoms with Crippen LogP contribution in [0.3, 0.4) is 0 Å². The number of carbonyl (C=O) groups excluding carboxylic acids is 1. The van der Waals surface area contributed by atoms with Crippen molar-refractivity contribution < 1.29 is 4.79 Å². The standard InChI is InChI=1S/C20H16N2O/c1-13-4-6-16(7-5-13)20-18(12-19(22-20)14(2)23)15-8-10-17(21-3)11-9-15/h4-12,22H,1-2H3. The van der Waals surface area contributed by atoms with Crippen molar-refractivity contribution >= 4 is 11.5 Å². The first-order valence-corrected chi connectivity index (χ1v) is 7.37. The van der Waals surface area contributed by atoms with Crippen LogP contribution in [0, 0.1) is 13.5 Å². The van der Waals surface area contributed by atoms with E-state index in [1.165, 1.54) is 5.56 Å². The van der Waals surface area contributed by atoms with Gasteiger partial charge >= 0.3 is 0 Å². The van der Waals surface area contributed by atoms with E-state index >= 15 is 0 Å². The molecule has 0 unspecified atom stereocenters. The molecule has 23 heavy (non-hydrogen) atoms. The van der Waals surface area contributed by atoms with E-state index in [0.29, 0.717) is 11.4 Å². The number of carbonyl (C=O) groups is 1. The summed E-state index contributed by atoms with van der Waals surface area (Å²) < 4.78 is 0. The molecule has 3 heteroatoms. The molecule has 0 spiro atoms. The van der Waals surface area contributed by atoms with Crippen molar-refractivity contribution in [3.05, 3.63) is 77.3 Å². The van der Waals surface area contributed by atoms with Gasteiger partial charge in [-0.3, -0.25) is 4.79 Å². The Hall–Kier alpha value is -3.12. The zero-order valence-electron chi connectivity index (χ0n) is 13.1. The van der Waals surface area contributed by atoms with Crippen LogP contribution in [0.25, 0.3) is 27.2 Å². The average Bonchev–Trinajstić information content (AvgIpc) is 3.01. The van der Waals surface area contributed by atoms with Gasteiger partial charge in [0.05, 0.1) is 18.0 Å². The lowest BCUT2D eigenvalue weighted by molar-refractivity contribution is 0.101. The maximum Gasteiger partial charge on any atom is 0.187 e. The Labute approximate surface area is 135 Å². The number of aryl methyl sites for hydroxylation is 1. The zero-order valence-corrected chi connectivity index (χ0v) is 13.1. The molecule has 0 aliphatic rings. The average molecular weight is 300 g/mol. The summed E-state index contributed by atoms with van der Waals surface area (Å²) in [5, 5.41) is 0. The molecule has 1 N–H and O–H groups in total. The number of aromatic amines is 1. The lowest BCUT2D eigenvalue weighted by Crippen LogP contribution is -1.91. The van der Waals surface area contributed by atoms with Gasteiger partial charge in [-0.1, -0.05) is 54.1 Å². The first-order valence-electron chi connectivity index (χ1n) is 7.37. The Morgan fingerprint density at radius 2 is 1.61 bits per heavy atom. The number of H-pyrrole nitrogens is 1. The Bertz CT molecular complexity index is 894. The monoisotopic (exact) mass is 300 g/mol. The Morgan fingerprint density at radius 1 is 1.00 bits per heavy atom. The molecule has 1 aromatic heterocycles. The van der Waals surface area contributed by atoms with Gasteiger partial charge < -0.3 is 4.98 Å². The SMILES string of the molecule is [C-]#[N+]c1ccc(-c2cc(C(C)=O)[nH]c2-c2ccc(C)cc2)cc1. The first-order chi connectivity index (χ1) is 11.1. The Balaban J connectivity index is 2.16. The lowest BCUT2D eigenvalue weighted by atomic mass is 10.0. The molecule has 0 aliphatic carbocycles. The number of Topliss-reactive ketones (excluding diaryl/α,β-unsaturated/α-hetero) is 1. The quantitative estimate of drug-likeness (QED) is 0.509. The van der Waals surface area contributed by atoms with E-state index in [1.807, 2.05) is 37.3 Å². The molecule has 3 aromatic rings. The second-order valence-corrected chi connectivity index (χ2v) is 5.55. The summed E-state index contributed by atoms with van der Waals surface area (Å²) in [7, 11) is 0. The smallest absolute Gasteiger partial charge is 0.187 e. The van der Waals surface area contributed by atoms with Crippen LogP contribution >= 0.6 is 0 Å². The second kappa shape index (κ2) is 5.94. The molecule has 3 nitrogen and oxygen atoms in total. The van der Waals surface area contributed by atoms with Gasteiger partial charge in [0.1, 0.15) is 0 Å². The van der Waals surface area contributed by atoms with Crippen LogP contribution in [0.1, 0.15) is 23.0 Å².